The second-order valence-electron chi connectivity index (χ2n) is 5.00. The molecule has 6 heteroatoms. The van der Waals surface area contributed by atoms with Gasteiger partial charge in [0.2, 0.25) is 11.8 Å². The maximum Gasteiger partial charge on any atom is 0.226 e. The van der Waals surface area contributed by atoms with Crippen LogP contribution in [-0.4, -0.2) is 34.8 Å². The minimum Gasteiger partial charge on any atom is -0.376 e. The Morgan fingerprint density at radius 2 is 2.42 bits per heavy atom. The zero-order valence-electron chi connectivity index (χ0n) is 11.5. The highest BCUT2D eigenvalue weighted by atomic mass is 16.5. The SMILES string of the molecule is Cc1noc(CCCC(=O)N[C@H](C)[C@H]2CCCO2)n1. The van der Waals surface area contributed by atoms with E-state index in [0.717, 1.165) is 19.4 Å². The Kier molecular flexibility index (Phi) is 4.90. The Bertz CT molecular complexity index is 413. The summed E-state index contributed by atoms with van der Waals surface area (Å²) >= 11 is 0. The Morgan fingerprint density at radius 3 is 3.05 bits per heavy atom. The second kappa shape index (κ2) is 6.65. The average Bonchev–Trinajstić information content (AvgIpc) is 3.00. The summed E-state index contributed by atoms with van der Waals surface area (Å²) in [5, 5.41) is 6.69. The lowest BCUT2D eigenvalue weighted by Gasteiger charge is -2.19. The molecule has 0 radical (unpaired) electrons. The molecule has 1 amide bonds. The van der Waals surface area contributed by atoms with Crippen molar-refractivity contribution in [2.24, 2.45) is 0 Å². The van der Waals surface area contributed by atoms with Gasteiger partial charge in [0.15, 0.2) is 5.82 Å². The van der Waals surface area contributed by atoms with Gasteiger partial charge >= 0.3 is 0 Å². The van der Waals surface area contributed by atoms with Crippen molar-refractivity contribution >= 4 is 5.91 Å². The first-order valence-electron chi connectivity index (χ1n) is 6.85. The minimum absolute atomic E-state index is 0.0548. The van der Waals surface area contributed by atoms with E-state index in [0.29, 0.717) is 31.0 Å². The van der Waals surface area contributed by atoms with Crippen LogP contribution in [0.15, 0.2) is 4.52 Å². The normalized spacial score (nSPS) is 20.4. The number of carbonyl (C=O) groups is 1. The lowest BCUT2D eigenvalue weighted by molar-refractivity contribution is -0.122. The third-order valence-electron chi connectivity index (χ3n) is 3.28. The van der Waals surface area contributed by atoms with Gasteiger partial charge in [-0.2, -0.15) is 4.98 Å². The zero-order chi connectivity index (χ0) is 13.7. The molecule has 1 aromatic rings. The van der Waals surface area contributed by atoms with Gasteiger partial charge in [0.25, 0.3) is 0 Å². The molecule has 1 aromatic heterocycles. The van der Waals surface area contributed by atoms with Crippen LogP contribution in [0.2, 0.25) is 0 Å². The van der Waals surface area contributed by atoms with Crippen molar-refractivity contribution < 1.29 is 14.1 Å². The van der Waals surface area contributed by atoms with Crippen LogP contribution in [0.5, 0.6) is 0 Å². The molecule has 1 N–H and O–H groups in total. The quantitative estimate of drug-likeness (QED) is 0.842. The first kappa shape index (κ1) is 14.0. The first-order valence-corrected chi connectivity index (χ1v) is 6.85. The van der Waals surface area contributed by atoms with Gasteiger partial charge in [0, 0.05) is 19.4 Å². The number of ether oxygens (including phenoxy) is 1. The van der Waals surface area contributed by atoms with Crippen LogP contribution < -0.4 is 5.32 Å². The number of hydrogen-bond acceptors (Lipinski definition) is 5. The predicted molar refractivity (Wildman–Crippen MR) is 68.6 cm³/mol. The van der Waals surface area contributed by atoms with E-state index in [-0.39, 0.29) is 18.1 Å². The average molecular weight is 267 g/mol. The zero-order valence-corrected chi connectivity index (χ0v) is 11.5. The van der Waals surface area contributed by atoms with Gasteiger partial charge in [-0.15, -0.1) is 0 Å². The molecular formula is C13H21N3O3. The van der Waals surface area contributed by atoms with E-state index in [1.165, 1.54) is 0 Å². The molecule has 1 fully saturated rings. The summed E-state index contributed by atoms with van der Waals surface area (Å²) in [5.74, 6) is 1.28. The summed E-state index contributed by atoms with van der Waals surface area (Å²) in [6.45, 7) is 4.58. The Balaban J connectivity index is 1.64. The van der Waals surface area contributed by atoms with Crippen molar-refractivity contribution in [2.45, 2.75) is 58.1 Å². The molecule has 1 aliphatic rings. The molecule has 0 bridgehead atoms. The monoisotopic (exact) mass is 267 g/mol. The fourth-order valence-electron chi connectivity index (χ4n) is 2.26. The standard InChI is InChI=1S/C13H21N3O3/c1-9(11-5-4-8-18-11)14-12(17)6-3-7-13-15-10(2)16-19-13/h9,11H,3-8H2,1-2H3,(H,14,17)/t9-,11-/m1/s1. The van der Waals surface area contributed by atoms with Crippen molar-refractivity contribution in [3.05, 3.63) is 11.7 Å². The van der Waals surface area contributed by atoms with E-state index >= 15 is 0 Å². The fourth-order valence-corrected chi connectivity index (χ4v) is 2.26. The van der Waals surface area contributed by atoms with Crippen molar-refractivity contribution in [3.8, 4) is 0 Å². The summed E-state index contributed by atoms with van der Waals surface area (Å²) in [7, 11) is 0. The van der Waals surface area contributed by atoms with Crippen molar-refractivity contribution in [1.82, 2.24) is 15.5 Å². The second-order valence-corrected chi connectivity index (χ2v) is 5.00. The molecule has 19 heavy (non-hydrogen) atoms. The molecular weight excluding hydrogens is 246 g/mol. The molecule has 2 heterocycles. The molecule has 0 aliphatic carbocycles. The molecule has 0 saturated carbocycles. The maximum atomic E-state index is 11.8. The van der Waals surface area contributed by atoms with Crippen molar-refractivity contribution in [2.75, 3.05) is 6.61 Å². The number of aryl methyl sites for hydroxylation is 2. The molecule has 0 spiro atoms. The maximum absolute atomic E-state index is 11.8. The summed E-state index contributed by atoms with van der Waals surface area (Å²) in [4.78, 5) is 15.9. The third-order valence-corrected chi connectivity index (χ3v) is 3.28. The smallest absolute Gasteiger partial charge is 0.226 e. The van der Waals surface area contributed by atoms with E-state index in [1.54, 1.807) is 6.92 Å². The Hall–Kier alpha value is -1.43. The van der Waals surface area contributed by atoms with E-state index in [1.807, 2.05) is 6.92 Å². The van der Waals surface area contributed by atoms with Crippen LogP contribution in [0.4, 0.5) is 0 Å². The highest BCUT2D eigenvalue weighted by molar-refractivity contribution is 5.76. The largest absolute Gasteiger partial charge is 0.376 e. The van der Waals surface area contributed by atoms with Crippen LogP contribution in [0.3, 0.4) is 0 Å². The third kappa shape index (κ3) is 4.31. The van der Waals surface area contributed by atoms with Gasteiger partial charge < -0.3 is 14.6 Å². The molecule has 1 saturated heterocycles. The van der Waals surface area contributed by atoms with Crippen LogP contribution >= 0.6 is 0 Å². The van der Waals surface area contributed by atoms with E-state index in [4.69, 9.17) is 9.26 Å². The lowest BCUT2D eigenvalue weighted by Crippen LogP contribution is -2.40. The van der Waals surface area contributed by atoms with Gasteiger partial charge in [-0.1, -0.05) is 5.16 Å². The van der Waals surface area contributed by atoms with Crippen LogP contribution in [-0.2, 0) is 16.0 Å². The summed E-state index contributed by atoms with van der Waals surface area (Å²) in [5.41, 5.74) is 0. The number of aromatic nitrogens is 2. The van der Waals surface area contributed by atoms with Gasteiger partial charge in [-0.05, 0) is 33.1 Å². The van der Waals surface area contributed by atoms with Crippen LogP contribution in [0.1, 0.15) is 44.3 Å². The number of rotatable bonds is 6. The lowest BCUT2D eigenvalue weighted by atomic mass is 10.1. The van der Waals surface area contributed by atoms with Crippen molar-refractivity contribution in [1.29, 1.82) is 0 Å². The fraction of sp³-hybridized carbons (Fsp3) is 0.769. The van der Waals surface area contributed by atoms with E-state index < -0.39 is 0 Å². The number of nitrogens with one attached hydrogen (secondary N) is 1. The minimum atomic E-state index is 0.0548. The van der Waals surface area contributed by atoms with Crippen molar-refractivity contribution in [3.63, 3.8) is 0 Å². The number of carbonyl (C=O) groups excluding carboxylic acids is 1. The highest BCUT2D eigenvalue weighted by Gasteiger charge is 2.23. The molecule has 2 rings (SSSR count). The molecule has 1 aliphatic heterocycles. The van der Waals surface area contributed by atoms with Gasteiger partial charge in [-0.3, -0.25) is 4.79 Å². The molecule has 2 atom stereocenters. The van der Waals surface area contributed by atoms with Crippen LogP contribution in [0.25, 0.3) is 0 Å². The molecule has 106 valence electrons. The molecule has 6 nitrogen and oxygen atoms in total. The number of hydrogen-bond donors (Lipinski definition) is 1. The molecule has 0 aromatic carbocycles. The predicted octanol–water partition coefficient (Wildman–Crippen LogP) is 1.38. The Morgan fingerprint density at radius 1 is 1.58 bits per heavy atom. The molecule has 0 unspecified atom stereocenters. The van der Waals surface area contributed by atoms with E-state index in [2.05, 4.69) is 15.5 Å². The van der Waals surface area contributed by atoms with Crippen LogP contribution in [0, 0.1) is 6.92 Å². The van der Waals surface area contributed by atoms with E-state index in [9.17, 15) is 4.79 Å². The van der Waals surface area contributed by atoms with Gasteiger partial charge in [-0.25, -0.2) is 0 Å². The number of nitrogens with zero attached hydrogens (tertiary/aromatic N) is 2. The summed E-state index contributed by atoms with van der Waals surface area (Å²) < 4.78 is 10.5. The highest BCUT2D eigenvalue weighted by Crippen LogP contribution is 2.15. The first-order chi connectivity index (χ1) is 9.15. The topological polar surface area (TPSA) is 77.2 Å². The van der Waals surface area contributed by atoms with Gasteiger partial charge in [0.1, 0.15) is 0 Å². The summed E-state index contributed by atoms with van der Waals surface area (Å²) in [6, 6.07) is 0.0839. The van der Waals surface area contributed by atoms with Gasteiger partial charge in [0.05, 0.1) is 12.1 Å². The summed E-state index contributed by atoms with van der Waals surface area (Å²) in [6.07, 6.45) is 4.11. The number of amides is 1. The Labute approximate surface area is 112 Å².